The van der Waals surface area contributed by atoms with Crippen LogP contribution in [0.15, 0.2) is 40.3 Å². The number of thioether (sulfide) groups is 1. The van der Waals surface area contributed by atoms with Gasteiger partial charge in [-0.2, -0.15) is 13.2 Å². The van der Waals surface area contributed by atoms with E-state index in [0.29, 0.717) is 10.9 Å². The fourth-order valence-electron chi connectivity index (χ4n) is 1.89. The molecule has 1 amide bonds. The molecule has 1 aromatic heterocycles. The van der Waals surface area contributed by atoms with Crippen LogP contribution in [0.5, 0.6) is 0 Å². The van der Waals surface area contributed by atoms with Crippen LogP contribution in [0.2, 0.25) is 0 Å². The molecule has 0 atom stereocenters. The number of carbonyl (C=O) groups excluding carboxylic acids is 1. The Balaban J connectivity index is 1.96. The summed E-state index contributed by atoms with van der Waals surface area (Å²) < 4.78 is 37.5. The molecule has 9 heteroatoms. The molecule has 0 radical (unpaired) electrons. The Hall–Kier alpha value is -2.29. The number of hydrogen-bond donors (Lipinski definition) is 2. The van der Waals surface area contributed by atoms with E-state index in [1.165, 1.54) is 18.2 Å². The summed E-state index contributed by atoms with van der Waals surface area (Å²) in [6, 6.07) is 5.56. The van der Waals surface area contributed by atoms with Gasteiger partial charge in [-0.05, 0) is 30.2 Å². The van der Waals surface area contributed by atoms with Gasteiger partial charge in [-0.1, -0.05) is 25.6 Å². The van der Waals surface area contributed by atoms with Crippen molar-refractivity contribution in [3.8, 4) is 0 Å². The molecule has 0 aliphatic carbocycles. The quantitative estimate of drug-likeness (QED) is 0.622. The lowest BCUT2D eigenvalue weighted by Crippen LogP contribution is -2.16. The first-order chi connectivity index (χ1) is 11.6. The van der Waals surface area contributed by atoms with Crippen LogP contribution in [0.4, 0.5) is 18.9 Å². The van der Waals surface area contributed by atoms with Gasteiger partial charge in [-0.3, -0.25) is 9.59 Å². The summed E-state index contributed by atoms with van der Waals surface area (Å²) in [4.78, 5) is 30.3. The molecule has 0 unspecified atom stereocenters. The number of nitrogens with zero attached hydrogens (tertiary/aromatic N) is 1. The minimum absolute atomic E-state index is 0.0362. The average Bonchev–Trinajstić information content (AvgIpc) is 2.52. The van der Waals surface area contributed by atoms with Crippen LogP contribution in [-0.2, 0) is 11.0 Å². The highest BCUT2D eigenvalue weighted by molar-refractivity contribution is 7.99. The van der Waals surface area contributed by atoms with Gasteiger partial charge in [0.1, 0.15) is 0 Å². The second-order valence-corrected chi connectivity index (χ2v) is 6.51. The van der Waals surface area contributed by atoms with Gasteiger partial charge < -0.3 is 10.3 Å². The lowest BCUT2D eigenvalue weighted by molar-refractivity contribution is -0.137. The lowest BCUT2D eigenvalue weighted by atomic mass is 10.1. The van der Waals surface area contributed by atoms with Crippen molar-refractivity contribution in [2.75, 3.05) is 11.1 Å². The normalized spacial score (nSPS) is 11.6. The van der Waals surface area contributed by atoms with E-state index in [-0.39, 0.29) is 22.9 Å². The van der Waals surface area contributed by atoms with Gasteiger partial charge in [0.15, 0.2) is 5.16 Å². The van der Waals surface area contributed by atoms with Crippen molar-refractivity contribution >= 4 is 23.4 Å². The molecule has 2 aromatic rings. The second kappa shape index (κ2) is 7.73. The largest absolute Gasteiger partial charge is 0.416 e. The fraction of sp³-hybridized carbons (Fsp3) is 0.312. The van der Waals surface area contributed by atoms with Gasteiger partial charge in [-0.25, -0.2) is 4.98 Å². The molecular formula is C16H16F3N3O2S. The predicted octanol–water partition coefficient (Wildman–Crippen LogP) is 3.64. The molecule has 0 aliphatic heterocycles. The van der Waals surface area contributed by atoms with E-state index in [2.05, 4.69) is 15.3 Å². The zero-order valence-corrected chi connectivity index (χ0v) is 14.3. The third kappa shape index (κ3) is 5.63. The highest BCUT2D eigenvalue weighted by atomic mass is 32.2. The standard InChI is InChI=1S/C16H16F3N3O2S/c1-9(2)12-7-13(23)22-15(21-12)25-8-14(24)20-11-5-3-10(4-6-11)16(17,18)19/h3-7,9H,8H2,1-2H3,(H,20,24)(H,21,22,23). The number of nitrogens with one attached hydrogen (secondary N) is 2. The summed E-state index contributed by atoms with van der Waals surface area (Å²) in [7, 11) is 0. The van der Waals surface area contributed by atoms with E-state index in [4.69, 9.17) is 0 Å². The first-order valence-corrected chi connectivity index (χ1v) is 8.35. The highest BCUT2D eigenvalue weighted by Crippen LogP contribution is 2.29. The van der Waals surface area contributed by atoms with Crippen molar-refractivity contribution in [3.63, 3.8) is 0 Å². The molecule has 0 aliphatic rings. The van der Waals surface area contributed by atoms with E-state index in [1.807, 2.05) is 13.8 Å². The fourth-order valence-corrected chi connectivity index (χ4v) is 2.57. The first kappa shape index (κ1) is 19.0. The monoisotopic (exact) mass is 371 g/mol. The van der Waals surface area contributed by atoms with Crippen molar-refractivity contribution in [2.24, 2.45) is 0 Å². The predicted molar refractivity (Wildman–Crippen MR) is 89.7 cm³/mol. The summed E-state index contributed by atoms with van der Waals surface area (Å²) in [5.74, 6) is -0.379. The molecule has 5 nitrogen and oxygen atoms in total. The number of rotatable bonds is 5. The molecule has 0 saturated heterocycles. The van der Waals surface area contributed by atoms with Gasteiger partial charge >= 0.3 is 6.18 Å². The number of H-pyrrole nitrogens is 1. The van der Waals surface area contributed by atoms with Gasteiger partial charge in [0.05, 0.1) is 17.0 Å². The van der Waals surface area contributed by atoms with Gasteiger partial charge in [-0.15, -0.1) is 0 Å². The van der Waals surface area contributed by atoms with Crippen molar-refractivity contribution in [3.05, 3.63) is 51.9 Å². The van der Waals surface area contributed by atoms with E-state index >= 15 is 0 Å². The number of benzene rings is 1. The number of amides is 1. The van der Waals surface area contributed by atoms with Crippen molar-refractivity contribution < 1.29 is 18.0 Å². The molecule has 1 aromatic carbocycles. The van der Waals surface area contributed by atoms with Crippen LogP contribution in [0, 0.1) is 0 Å². The SMILES string of the molecule is CC(C)c1cc(=O)[nH]c(SCC(=O)Nc2ccc(C(F)(F)F)cc2)n1. The molecular weight excluding hydrogens is 355 g/mol. The third-order valence-corrected chi connectivity index (χ3v) is 4.04. The Morgan fingerprint density at radius 1 is 1.28 bits per heavy atom. The van der Waals surface area contributed by atoms with Crippen LogP contribution in [-0.4, -0.2) is 21.6 Å². The summed E-state index contributed by atoms with van der Waals surface area (Å²) in [5.41, 5.74) is -0.207. The number of hydrogen-bond acceptors (Lipinski definition) is 4. The van der Waals surface area contributed by atoms with Crippen molar-refractivity contribution in [1.82, 2.24) is 9.97 Å². The van der Waals surface area contributed by atoms with Crippen LogP contribution in [0.1, 0.15) is 31.0 Å². The Bertz CT molecular complexity index is 802. The van der Waals surface area contributed by atoms with Crippen LogP contribution < -0.4 is 10.9 Å². The molecule has 134 valence electrons. The van der Waals surface area contributed by atoms with E-state index in [1.54, 1.807) is 0 Å². The Morgan fingerprint density at radius 3 is 2.48 bits per heavy atom. The summed E-state index contributed by atoms with van der Waals surface area (Å²) in [6.07, 6.45) is -4.42. The van der Waals surface area contributed by atoms with Crippen molar-refractivity contribution in [2.45, 2.75) is 31.1 Å². The molecule has 0 bridgehead atoms. The molecule has 2 rings (SSSR count). The van der Waals surface area contributed by atoms with E-state index in [9.17, 15) is 22.8 Å². The maximum Gasteiger partial charge on any atom is 0.416 e. The number of aromatic nitrogens is 2. The maximum absolute atomic E-state index is 12.5. The minimum Gasteiger partial charge on any atom is -0.325 e. The van der Waals surface area contributed by atoms with E-state index < -0.39 is 17.6 Å². The van der Waals surface area contributed by atoms with Crippen LogP contribution >= 0.6 is 11.8 Å². The average molecular weight is 371 g/mol. The molecule has 0 spiro atoms. The van der Waals surface area contributed by atoms with Crippen molar-refractivity contribution in [1.29, 1.82) is 0 Å². The maximum atomic E-state index is 12.5. The van der Waals surface area contributed by atoms with Gasteiger partial charge in [0.25, 0.3) is 5.56 Å². The number of aromatic amines is 1. The Kier molecular flexibility index (Phi) is 5.89. The Morgan fingerprint density at radius 2 is 1.92 bits per heavy atom. The number of carbonyl (C=O) groups is 1. The van der Waals surface area contributed by atoms with Gasteiger partial charge in [0, 0.05) is 11.8 Å². The zero-order valence-electron chi connectivity index (χ0n) is 13.5. The number of halogens is 3. The molecule has 0 fully saturated rings. The Labute approximate surface area is 146 Å². The molecule has 0 saturated carbocycles. The van der Waals surface area contributed by atoms with Crippen LogP contribution in [0.3, 0.4) is 0 Å². The van der Waals surface area contributed by atoms with Gasteiger partial charge in [0.2, 0.25) is 5.91 Å². The number of alkyl halides is 3. The second-order valence-electron chi connectivity index (χ2n) is 5.54. The zero-order chi connectivity index (χ0) is 18.6. The minimum atomic E-state index is -4.42. The summed E-state index contributed by atoms with van der Waals surface area (Å²) in [6.45, 7) is 3.79. The third-order valence-electron chi connectivity index (χ3n) is 3.17. The topological polar surface area (TPSA) is 74.8 Å². The van der Waals surface area contributed by atoms with E-state index in [0.717, 1.165) is 23.9 Å². The first-order valence-electron chi connectivity index (χ1n) is 7.36. The summed E-state index contributed by atoms with van der Waals surface area (Å²) >= 11 is 1.04. The smallest absolute Gasteiger partial charge is 0.325 e. The molecule has 1 heterocycles. The summed E-state index contributed by atoms with van der Waals surface area (Å²) in [5, 5.41) is 2.81. The molecule has 2 N–H and O–H groups in total. The lowest BCUT2D eigenvalue weighted by Gasteiger charge is -2.09. The highest BCUT2D eigenvalue weighted by Gasteiger charge is 2.29. The molecule has 25 heavy (non-hydrogen) atoms. The number of anilines is 1. The van der Waals surface area contributed by atoms with Crippen LogP contribution in [0.25, 0.3) is 0 Å².